The maximum atomic E-state index is 12.6. The number of benzene rings is 2. The molecule has 8 heteroatoms. The average Bonchev–Trinajstić information content (AvgIpc) is 2.93. The van der Waals surface area contributed by atoms with Gasteiger partial charge in [0.1, 0.15) is 4.32 Å². The van der Waals surface area contributed by atoms with Crippen molar-refractivity contribution in [3.05, 3.63) is 68.5 Å². The molecule has 28 heavy (non-hydrogen) atoms. The van der Waals surface area contributed by atoms with Crippen LogP contribution in [0.15, 0.2) is 57.9 Å². The molecule has 1 aliphatic rings. The fourth-order valence-electron chi connectivity index (χ4n) is 2.58. The lowest BCUT2D eigenvalue weighted by Crippen LogP contribution is -2.29. The summed E-state index contributed by atoms with van der Waals surface area (Å²) in [5.41, 5.74) is 1.51. The summed E-state index contributed by atoms with van der Waals surface area (Å²) in [7, 11) is 0. The van der Waals surface area contributed by atoms with E-state index in [9.17, 15) is 9.59 Å². The molecule has 0 spiro atoms. The Hall–Kier alpha value is -1.67. The molecule has 0 aromatic heterocycles. The van der Waals surface area contributed by atoms with E-state index in [1.54, 1.807) is 12.1 Å². The van der Waals surface area contributed by atoms with Gasteiger partial charge in [-0.25, -0.2) is 0 Å². The Labute approximate surface area is 186 Å². The number of hydrogen-bond acceptors (Lipinski definition) is 4. The SMILES string of the molecule is O=C(CCCN1C(=O)/C(=C/c2ccccc2Cl)SC1=S)Nc1ccc(Br)cc1. The normalized spacial score (nSPS) is 15.4. The number of rotatable bonds is 6. The number of halogens is 2. The molecule has 144 valence electrons. The van der Waals surface area contributed by atoms with Gasteiger partial charge in [-0.05, 0) is 48.4 Å². The standard InChI is InChI=1S/C20H16BrClN2O2S2/c21-14-7-9-15(10-8-14)23-18(25)6-3-11-24-19(26)17(28-20(24)27)12-13-4-1-2-5-16(13)22/h1-2,4-5,7-10,12H,3,6,11H2,(H,23,25)/b17-12-. The van der Waals surface area contributed by atoms with Crippen molar-refractivity contribution in [3.63, 3.8) is 0 Å². The first-order chi connectivity index (χ1) is 13.4. The number of nitrogens with zero attached hydrogens (tertiary/aromatic N) is 1. The Balaban J connectivity index is 1.54. The van der Waals surface area contributed by atoms with Crippen molar-refractivity contribution in [1.29, 1.82) is 0 Å². The van der Waals surface area contributed by atoms with E-state index in [0.717, 1.165) is 15.7 Å². The zero-order valence-electron chi connectivity index (χ0n) is 14.7. The molecule has 3 rings (SSSR count). The number of carbonyl (C=O) groups excluding carboxylic acids is 2. The highest BCUT2D eigenvalue weighted by Crippen LogP contribution is 2.33. The quantitative estimate of drug-likeness (QED) is 0.411. The number of thioether (sulfide) groups is 1. The minimum absolute atomic E-state index is 0.0978. The molecule has 1 saturated heterocycles. The highest BCUT2D eigenvalue weighted by molar-refractivity contribution is 9.10. The van der Waals surface area contributed by atoms with Gasteiger partial charge < -0.3 is 5.32 Å². The van der Waals surface area contributed by atoms with E-state index >= 15 is 0 Å². The van der Waals surface area contributed by atoms with Crippen molar-refractivity contribution >= 4 is 79.4 Å². The van der Waals surface area contributed by atoms with Crippen molar-refractivity contribution in [3.8, 4) is 0 Å². The summed E-state index contributed by atoms with van der Waals surface area (Å²) in [5, 5.41) is 3.42. The lowest BCUT2D eigenvalue weighted by molar-refractivity contribution is -0.122. The van der Waals surface area contributed by atoms with Gasteiger partial charge in [-0.15, -0.1) is 0 Å². The first-order valence-corrected chi connectivity index (χ1v) is 10.9. The van der Waals surface area contributed by atoms with E-state index in [1.165, 1.54) is 16.7 Å². The van der Waals surface area contributed by atoms with Crippen molar-refractivity contribution in [1.82, 2.24) is 4.90 Å². The van der Waals surface area contributed by atoms with Gasteiger partial charge in [-0.1, -0.05) is 69.7 Å². The van der Waals surface area contributed by atoms with Gasteiger partial charge in [-0.3, -0.25) is 14.5 Å². The fraction of sp³-hybridized carbons (Fsp3) is 0.150. The summed E-state index contributed by atoms with van der Waals surface area (Å²) in [6, 6.07) is 14.7. The summed E-state index contributed by atoms with van der Waals surface area (Å²) in [6.07, 6.45) is 2.58. The highest BCUT2D eigenvalue weighted by Gasteiger charge is 2.31. The Morgan fingerprint density at radius 2 is 1.93 bits per heavy atom. The molecule has 0 radical (unpaired) electrons. The van der Waals surface area contributed by atoms with Crippen LogP contribution in [-0.2, 0) is 9.59 Å². The maximum Gasteiger partial charge on any atom is 0.266 e. The molecule has 4 nitrogen and oxygen atoms in total. The van der Waals surface area contributed by atoms with Crippen LogP contribution in [0.25, 0.3) is 6.08 Å². The number of anilines is 1. The Bertz CT molecular complexity index is 947. The van der Waals surface area contributed by atoms with Crippen LogP contribution in [0.1, 0.15) is 18.4 Å². The van der Waals surface area contributed by atoms with Crippen LogP contribution in [-0.4, -0.2) is 27.6 Å². The topological polar surface area (TPSA) is 49.4 Å². The van der Waals surface area contributed by atoms with E-state index in [1.807, 2.05) is 42.5 Å². The van der Waals surface area contributed by atoms with Crippen molar-refractivity contribution < 1.29 is 9.59 Å². The molecule has 2 amide bonds. The molecular formula is C20H16BrClN2O2S2. The highest BCUT2D eigenvalue weighted by atomic mass is 79.9. The van der Waals surface area contributed by atoms with Gasteiger partial charge in [0.05, 0.1) is 4.91 Å². The molecule has 0 aliphatic carbocycles. The molecule has 1 N–H and O–H groups in total. The monoisotopic (exact) mass is 494 g/mol. The molecule has 1 aliphatic heterocycles. The second-order valence-electron chi connectivity index (χ2n) is 6.01. The summed E-state index contributed by atoms with van der Waals surface area (Å²) < 4.78 is 1.45. The molecule has 0 unspecified atom stereocenters. The van der Waals surface area contributed by atoms with E-state index in [-0.39, 0.29) is 11.8 Å². The molecular weight excluding hydrogens is 480 g/mol. The maximum absolute atomic E-state index is 12.6. The zero-order chi connectivity index (χ0) is 20.1. The third-order valence-electron chi connectivity index (χ3n) is 3.98. The van der Waals surface area contributed by atoms with Gasteiger partial charge >= 0.3 is 0 Å². The third-order valence-corrected chi connectivity index (χ3v) is 6.23. The Morgan fingerprint density at radius 1 is 1.21 bits per heavy atom. The van der Waals surface area contributed by atoms with Gasteiger partial charge in [0.25, 0.3) is 5.91 Å². The minimum Gasteiger partial charge on any atom is -0.326 e. The predicted molar refractivity (Wildman–Crippen MR) is 123 cm³/mol. The van der Waals surface area contributed by atoms with Crippen LogP contribution in [0, 0.1) is 0 Å². The van der Waals surface area contributed by atoms with Crippen LogP contribution in [0.5, 0.6) is 0 Å². The number of thiocarbonyl (C=S) groups is 1. The minimum atomic E-state index is -0.150. The second kappa shape index (κ2) is 9.69. The molecule has 1 heterocycles. The number of nitrogens with one attached hydrogen (secondary N) is 1. The Kier molecular flexibility index (Phi) is 7.29. The van der Waals surface area contributed by atoms with Crippen LogP contribution >= 0.6 is 51.5 Å². The second-order valence-corrected chi connectivity index (χ2v) is 9.01. The molecule has 2 aromatic carbocycles. The van der Waals surface area contributed by atoms with Gasteiger partial charge in [0.2, 0.25) is 5.91 Å². The van der Waals surface area contributed by atoms with Crippen LogP contribution in [0.3, 0.4) is 0 Å². The Morgan fingerprint density at radius 3 is 2.64 bits per heavy atom. The summed E-state index contributed by atoms with van der Waals surface area (Å²) in [4.78, 5) is 26.8. The number of carbonyl (C=O) groups is 2. The fourth-order valence-corrected chi connectivity index (χ4v) is 4.33. The van der Waals surface area contributed by atoms with E-state index in [2.05, 4.69) is 21.2 Å². The number of hydrogen-bond donors (Lipinski definition) is 1. The predicted octanol–water partition coefficient (Wildman–Crippen LogP) is 5.72. The lowest BCUT2D eigenvalue weighted by Gasteiger charge is -2.14. The largest absolute Gasteiger partial charge is 0.326 e. The smallest absolute Gasteiger partial charge is 0.266 e. The molecule has 0 bridgehead atoms. The van der Waals surface area contributed by atoms with Crippen molar-refractivity contribution in [2.24, 2.45) is 0 Å². The molecule has 1 fully saturated rings. The third kappa shape index (κ3) is 5.44. The summed E-state index contributed by atoms with van der Waals surface area (Å²) >= 11 is 16.1. The van der Waals surface area contributed by atoms with Gasteiger partial charge in [-0.2, -0.15) is 0 Å². The van der Waals surface area contributed by atoms with Crippen molar-refractivity contribution in [2.45, 2.75) is 12.8 Å². The van der Waals surface area contributed by atoms with Crippen LogP contribution < -0.4 is 5.32 Å². The van der Waals surface area contributed by atoms with Crippen LogP contribution in [0.4, 0.5) is 5.69 Å². The zero-order valence-corrected chi connectivity index (χ0v) is 18.6. The van der Waals surface area contributed by atoms with Crippen LogP contribution in [0.2, 0.25) is 5.02 Å². The first kappa shape index (κ1) is 21.0. The van der Waals surface area contributed by atoms with E-state index in [0.29, 0.717) is 33.6 Å². The van der Waals surface area contributed by atoms with Gasteiger partial charge in [0, 0.05) is 28.1 Å². The number of amides is 2. The molecule has 0 saturated carbocycles. The summed E-state index contributed by atoms with van der Waals surface area (Å²) in [6.45, 7) is 0.401. The molecule has 2 aromatic rings. The lowest BCUT2D eigenvalue weighted by atomic mass is 10.2. The summed E-state index contributed by atoms with van der Waals surface area (Å²) in [5.74, 6) is -0.248. The molecule has 0 atom stereocenters. The van der Waals surface area contributed by atoms with Crippen molar-refractivity contribution in [2.75, 3.05) is 11.9 Å². The van der Waals surface area contributed by atoms with Gasteiger partial charge in [0.15, 0.2) is 0 Å². The first-order valence-electron chi connectivity index (χ1n) is 8.49. The average molecular weight is 496 g/mol. The van der Waals surface area contributed by atoms with E-state index in [4.69, 9.17) is 23.8 Å². The van der Waals surface area contributed by atoms with E-state index < -0.39 is 0 Å².